The molecule has 1 aromatic carbocycles. The number of carbonyl (C=O) groups is 1. The maximum absolute atomic E-state index is 12.7. The Labute approximate surface area is 185 Å². The van der Waals surface area contributed by atoms with Crippen molar-refractivity contribution in [3.05, 3.63) is 54.7 Å². The first kappa shape index (κ1) is 20.3. The first-order chi connectivity index (χ1) is 15.7. The number of ether oxygens (including phenoxy) is 3. The minimum Gasteiger partial charge on any atom is -0.451 e. The summed E-state index contributed by atoms with van der Waals surface area (Å²) in [7, 11) is 0. The van der Waals surface area contributed by atoms with Crippen LogP contribution in [0, 0.1) is 6.92 Å². The van der Waals surface area contributed by atoms with E-state index in [0.717, 1.165) is 23.0 Å². The summed E-state index contributed by atoms with van der Waals surface area (Å²) in [6.45, 7) is 3.83. The monoisotopic (exact) mass is 436 g/mol. The second kappa shape index (κ2) is 8.83. The molecular formula is C22H24N6O4. The third kappa shape index (κ3) is 4.35. The first-order valence-corrected chi connectivity index (χ1v) is 10.6. The fourth-order valence-electron chi connectivity index (χ4n) is 3.70. The number of carbonyl (C=O) groups excluding carboxylic acids is 1. The summed E-state index contributed by atoms with van der Waals surface area (Å²) in [5.41, 5.74) is 0.837. The Kier molecular flexibility index (Phi) is 5.59. The molecule has 1 amide bonds. The van der Waals surface area contributed by atoms with E-state index in [9.17, 15) is 4.79 Å². The topological polar surface area (TPSA) is 104 Å². The summed E-state index contributed by atoms with van der Waals surface area (Å²) < 4.78 is 18.9. The molecule has 1 saturated heterocycles. The van der Waals surface area contributed by atoms with Crippen molar-refractivity contribution in [2.24, 2.45) is 0 Å². The lowest BCUT2D eigenvalue weighted by Gasteiger charge is -2.33. The maximum Gasteiger partial charge on any atom is 0.250 e. The quantitative estimate of drug-likeness (QED) is 0.620. The minimum atomic E-state index is -0.585. The zero-order chi connectivity index (χ0) is 21.9. The fourth-order valence-corrected chi connectivity index (χ4v) is 3.70. The Morgan fingerprint density at radius 1 is 1.22 bits per heavy atom. The van der Waals surface area contributed by atoms with E-state index in [1.54, 1.807) is 23.3 Å². The number of aromatic nitrogens is 4. The predicted octanol–water partition coefficient (Wildman–Crippen LogP) is 1.48. The molecule has 10 heteroatoms. The van der Waals surface area contributed by atoms with Gasteiger partial charge in [-0.25, -0.2) is 9.97 Å². The molecule has 10 nitrogen and oxygen atoms in total. The summed E-state index contributed by atoms with van der Waals surface area (Å²) in [4.78, 5) is 27.9. The molecule has 2 aliphatic heterocycles. The van der Waals surface area contributed by atoms with E-state index in [2.05, 4.69) is 20.3 Å². The van der Waals surface area contributed by atoms with Gasteiger partial charge in [-0.3, -0.25) is 9.36 Å². The van der Waals surface area contributed by atoms with E-state index in [0.29, 0.717) is 38.6 Å². The largest absolute Gasteiger partial charge is 0.451 e. The van der Waals surface area contributed by atoms with Crippen molar-refractivity contribution in [3.8, 4) is 17.4 Å². The van der Waals surface area contributed by atoms with Crippen LogP contribution in [0.25, 0.3) is 5.95 Å². The van der Waals surface area contributed by atoms with Crippen molar-refractivity contribution in [2.45, 2.75) is 25.7 Å². The van der Waals surface area contributed by atoms with Crippen LogP contribution in [0.4, 0.5) is 5.82 Å². The Hall–Kier alpha value is -3.66. The van der Waals surface area contributed by atoms with Crippen LogP contribution < -0.4 is 19.7 Å². The van der Waals surface area contributed by atoms with E-state index < -0.39 is 12.4 Å². The van der Waals surface area contributed by atoms with Gasteiger partial charge in [0, 0.05) is 43.7 Å². The standard InChI is InChI=1S/C22H24N6O4/c1-15-12-19(26-22(25-15)28-9-8-23-14-28)27-10-11-30-18(13-27)21(29)24-7-6-20-31-16-4-2-3-5-17(16)32-20/h2-5,8-9,12,14,18,20H,6-7,10-11,13H2,1H3,(H,24,29). The molecule has 0 bridgehead atoms. The van der Waals surface area contributed by atoms with Gasteiger partial charge in [-0.1, -0.05) is 12.1 Å². The van der Waals surface area contributed by atoms with Gasteiger partial charge in [0.25, 0.3) is 5.91 Å². The molecule has 0 aliphatic carbocycles. The Morgan fingerprint density at radius 3 is 2.78 bits per heavy atom. The SMILES string of the molecule is Cc1cc(N2CCOC(C(=O)NCCC3Oc4ccccc4O3)C2)nc(-n2ccnc2)n1. The zero-order valence-corrected chi connectivity index (χ0v) is 17.7. The average molecular weight is 436 g/mol. The highest BCUT2D eigenvalue weighted by molar-refractivity contribution is 5.81. The Morgan fingerprint density at radius 2 is 2.03 bits per heavy atom. The third-order valence-electron chi connectivity index (χ3n) is 5.29. The molecule has 1 fully saturated rings. The van der Waals surface area contributed by atoms with Crippen molar-refractivity contribution in [1.29, 1.82) is 0 Å². The number of amides is 1. The number of nitrogens with one attached hydrogen (secondary N) is 1. The number of morpholine rings is 1. The molecule has 2 aromatic heterocycles. The highest BCUT2D eigenvalue weighted by Gasteiger charge is 2.29. The summed E-state index contributed by atoms with van der Waals surface area (Å²) in [5.74, 6) is 2.59. The van der Waals surface area contributed by atoms with Gasteiger partial charge in [-0.05, 0) is 19.1 Å². The molecule has 3 aromatic rings. The lowest BCUT2D eigenvalue weighted by Crippen LogP contribution is -2.50. The van der Waals surface area contributed by atoms with E-state index in [1.165, 1.54) is 0 Å². The van der Waals surface area contributed by atoms with Crippen LogP contribution in [0.2, 0.25) is 0 Å². The predicted molar refractivity (Wildman–Crippen MR) is 115 cm³/mol. The van der Waals surface area contributed by atoms with Crippen LogP contribution in [0.15, 0.2) is 49.1 Å². The number of aryl methyl sites for hydroxylation is 1. The number of imidazole rings is 1. The number of fused-ring (bicyclic) bond motifs is 1. The molecule has 0 radical (unpaired) electrons. The van der Waals surface area contributed by atoms with Crippen LogP contribution in [0.3, 0.4) is 0 Å². The van der Waals surface area contributed by atoms with Crippen molar-refractivity contribution in [3.63, 3.8) is 0 Å². The van der Waals surface area contributed by atoms with E-state index in [4.69, 9.17) is 14.2 Å². The van der Waals surface area contributed by atoms with Crippen LogP contribution in [-0.4, -0.2) is 64.1 Å². The Bertz CT molecular complexity index is 1060. The van der Waals surface area contributed by atoms with Gasteiger partial charge in [0.05, 0.1) is 13.2 Å². The molecule has 32 heavy (non-hydrogen) atoms. The molecule has 166 valence electrons. The lowest BCUT2D eigenvalue weighted by molar-refractivity contribution is -0.133. The van der Waals surface area contributed by atoms with Gasteiger partial charge in [0.2, 0.25) is 12.2 Å². The Balaban J connectivity index is 1.16. The highest BCUT2D eigenvalue weighted by atomic mass is 16.7. The molecule has 1 atom stereocenters. The van der Waals surface area contributed by atoms with Gasteiger partial charge >= 0.3 is 0 Å². The molecule has 2 aliphatic rings. The normalized spacial score (nSPS) is 18.0. The number of hydrogen-bond donors (Lipinski definition) is 1. The molecule has 1 unspecified atom stereocenters. The summed E-state index contributed by atoms with van der Waals surface area (Å²) in [6.07, 6.45) is 4.69. The van der Waals surface area contributed by atoms with E-state index in [-0.39, 0.29) is 5.91 Å². The van der Waals surface area contributed by atoms with Crippen molar-refractivity contribution >= 4 is 11.7 Å². The van der Waals surface area contributed by atoms with Crippen molar-refractivity contribution in [1.82, 2.24) is 24.8 Å². The maximum atomic E-state index is 12.7. The van der Waals surface area contributed by atoms with E-state index >= 15 is 0 Å². The number of hydrogen-bond acceptors (Lipinski definition) is 8. The smallest absolute Gasteiger partial charge is 0.250 e. The lowest BCUT2D eigenvalue weighted by atomic mass is 10.2. The number of nitrogens with zero attached hydrogens (tertiary/aromatic N) is 5. The second-order valence-electron chi connectivity index (χ2n) is 7.63. The fraction of sp³-hybridized carbons (Fsp3) is 0.364. The number of rotatable bonds is 6. The zero-order valence-electron chi connectivity index (χ0n) is 17.7. The van der Waals surface area contributed by atoms with Crippen LogP contribution >= 0.6 is 0 Å². The summed E-state index contributed by atoms with van der Waals surface area (Å²) >= 11 is 0. The summed E-state index contributed by atoms with van der Waals surface area (Å²) in [5, 5.41) is 2.93. The van der Waals surface area contributed by atoms with Crippen LogP contribution in [-0.2, 0) is 9.53 Å². The minimum absolute atomic E-state index is 0.161. The molecular weight excluding hydrogens is 412 g/mol. The molecule has 0 spiro atoms. The van der Waals surface area contributed by atoms with Crippen LogP contribution in [0.5, 0.6) is 11.5 Å². The van der Waals surface area contributed by atoms with Gasteiger partial charge in [0.15, 0.2) is 17.6 Å². The summed E-state index contributed by atoms with van der Waals surface area (Å²) in [6, 6.07) is 9.44. The van der Waals surface area contributed by atoms with Crippen molar-refractivity contribution < 1.29 is 19.0 Å². The molecule has 4 heterocycles. The number of para-hydroxylation sites is 2. The van der Waals surface area contributed by atoms with E-state index in [1.807, 2.05) is 42.2 Å². The average Bonchev–Trinajstić information content (AvgIpc) is 3.48. The van der Waals surface area contributed by atoms with Crippen LogP contribution in [0.1, 0.15) is 12.1 Å². The molecule has 5 rings (SSSR count). The van der Waals surface area contributed by atoms with Crippen molar-refractivity contribution in [2.75, 3.05) is 31.1 Å². The van der Waals surface area contributed by atoms with Gasteiger partial charge < -0.3 is 24.4 Å². The second-order valence-corrected chi connectivity index (χ2v) is 7.63. The van der Waals surface area contributed by atoms with Gasteiger partial charge in [-0.15, -0.1) is 0 Å². The third-order valence-corrected chi connectivity index (χ3v) is 5.29. The first-order valence-electron chi connectivity index (χ1n) is 10.6. The number of anilines is 1. The highest BCUT2D eigenvalue weighted by Crippen LogP contribution is 2.34. The van der Waals surface area contributed by atoms with Gasteiger partial charge in [0.1, 0.15) is 12.1 Å². The molecule has 0 saturated carbocycles. The molecule has 1 N–H and O–H groups in total. The number of benzene rings is 1. The van der Waals surface area contributed by atoms with Gasteiger partial charge in [-0.2, -0.15) is 4.98 Å².